The molecule has 1 aliphatic carbocycles. The summed E-state index contributed by atoms with van der Waals surface area (Å²) >= 11 is 0. The van der Waals surface area contributed by atoms with Crippen LogP contribution in [0.15, 0.2) is 48.5 Å². The summed E-state index contributed by atoms with van der Waals surface area (Å²) in [6.45, 7) is 8.72. The molecule has 2 fully saturated rings. The van der Waals surface area contributed by atoms with E-state index in [2.05, 4.69) is 44.8 Å². The smallest absolute Gasteiger partial charge is 0.319 e. The summed E-state index contributed by atoms with van der Waals surface area (Å²) in [5.41, 5.74) is 3.24. The number of benzene rings is 2. The van der Waals surface area contributed by atoms with Crippen molar-refractivity contribution in [1.82, 2.24) is 15.1 Å². The Morgan fingerprint density at radius 2 is 1.42 bits per heavy atom. The maximum Gasteiger partial charge on any atom is 0.319 e. The van der Waals surface area contributed by atoms with Crippen LogP contribution in [0, 0.1) is 0 Å². The van der Waals surface area contributed by atoms with E-state index in [1.807, 2.05) is 12.1 Å². The maximum atomic E-state index is 12.5. The summed E-state index contributed by atoms with van der Waals surface area (Å²) in [5, 5.41) is 8.60. The molecule has 3 N–H and O–H groups in total. The van der Waals surface area contributed by atoms with Crippen LogP contribution in [0.4, 0.5) is 16.2 Å². The van der Waals surface area contributed by atoms with E-state index in [0.29, 0.717) is 17.3 Å². The molecule has 2 aromatic rings. The van der Waals surface area contributed by atoms with Crippen LogP contribution in [-0.2, 0) is 6.54 Å². The van der Waals surface area contributed by atoms with Gasteiger partial charge in [0.2, 0.25) is 0 Å². The molecule has 31 heavy (non-hydrogen) atoms. The largest absolute Gasteiger partial charge is 0.335 e. The summed E-state index contributed by atoms with van der Waals surface area (Å²) in [4.78, 5) is 29.3. The number of rotatable bonds is 7. The van der Waals surface area contributed by atoms with Crippen LogP contribution in [-0.4, -0.2) is 60.5 Å². The number of piperazine rings is 1. The highest BCUT2D eigenvalue weighted by Crippen LogP contribution is 2.19. The number of carbonyl (C=O) groups excluding carboxylic acids is 2. The summed E-state index contributed by atoms with van der Waals surface area (Å²) in [6.07, 6.45) is 2.09. The fraction of sp³-hybridized carbons (Fsp3) is 0.417. The zero-order valence-corrected chi connectivity index (χ0v) is 18.1. The van der Waals surface area contributed by atoms with Crippen LogP contribution in [0.1, 0.15) is 35.7 Å². The monoisotopic (exact) mass is 421 g/mol. The van der Waals surface area contributed by atoms with E-state index in [4.69, 9.17) is 0 Å². The molecule has 1 aliphatic heterocycles. The zero-order chi connectivity index (χ0) is 21.6. The summed E-state index contributed by atoms with van der Waals surface area (Å²) < 4.78 is 0. The molecular formula is C24H31N5O2. The van der Waals surface area contributed by atoms with Crippen molar-refractivity contribution in [3.05, 3.63) is 59.7 Å². The van der Waals surface area contributed by atoms with Crippen molar-refractivity contribution in [3.63, 3.8) is 0 Å². The minimum absolute atomic E-state index is 0.169. The zero-order valence-electron chi connectivity index (χ0n) is 18.1. The quantitative estimate of drug-likeness (QED) is 0.641. The van der Waals surface area contributed by atoms with Crippen LogP contribution in [0.2, 0.25) is 0 Å². The van der Waals surface area contributed by atoms with Gasteiger partial charge in [-0.15, -0.1) is 0 Å². The van der Waals surface area contributed by atoms with Gasteiger partial charge in [0.25, 0.3) is 5.91 Å². The van der Waals surface area contributed by atoms with Gasteiger partial charge in [0.15, 0.2) is 0 Å². The first-order valence-corrected chi connectivity index (χ1v) is 11.1. The highest BCUT2D eigenvalue weighted by Gasteiger charge is 2.23. The Balaban J connectivity index is 1.25. The lowest BCUT2D eigenvalue weighted by Crippen LogP contribution is -2.45. The first-order valence-electron chi connectivity index (χ1n) is 11.1. The number of nitrogens with zero attached hydrogens (tertiary/aromatic N) is 2. The van der Waals surface area contributed by atoms with E-state index in [0.717, 1.165) is 57.8 Å². The van der Waals surface area contributed by atoms with Crippen LogP contribution in [0.5, 0.6) is 0 Å². The molecule has 2 aromatic carbocycles. The Kier molecular flexibility index (Phi) is 6.84. The predicted molar refractivity (Wildman–Crippen MR) is 123 cm³/mol. The van der Waals surface area contributed by atoms with Crippen LogP contribution in [0.25, 0.3) is 0 Å². The van der Waals surface area contributed by atoms with E-state index >= 15 is 0 Å². The summed E-state index contributed by atoms with van der Waals surface area (Å²) in [6, 6.07) is 15.1. The van der Waals surface area contributed by atoms with Crippen molar-refractivity contribution in [2.24, 2.45) is 0 Å². The topological polar surface area (TPSA) is 76.7 Å². The fourth-order valence-corrected chi connectivity index (χ4v) is 3.70. The highest BCUT2D eigenvalue weighted by molar-refractivity contribution is 6.04. The molecule has 3 amide bonds. The molecule has 0 unspecified atom stereocenters. The highest BCUT2D eigenvalue weighted by atomic mass is 16.2. The van der Waals surface area contributed by atoms with E-state index in [1.54, 1.807) is 24.3 Å². The lowest BCUT2D eigenvalue weighted by Gasteiger charge is -2.34. The molecule has 0 aromatic heterocycles. The second-order valence-electron chi connectivity index (χ2n) is 8.31. The molecule has 0 radical (unpaired) electrons. The lowest BCUT2D eigenvalue weighted by atomic mass is 10.1. The summed E-state index contributed by atoms with van der Waals surface area (Å²) in [7, 11) is 0. The standard InChI is InChI=1S/C24H31N5O2/c1-2-28-13-15-29(16-14-28)17-18-3-7-20(8-4-18)25-23(30)19-5-9-21(10-6-19)26-24(31)27-22-11-12-22/h3-10,22H,2,11-17H2,1H3,(H,25,30)(H2,26,27,31). The molecule has 1 saturated carbocycles. The number of carbonyl (C=O) groups is 2. The number of hydrogen-bond donors (Lipinski definition) is 3. The van der Waals surface area contributed by atoms with Crippen molar-refractivity contribution in [3.8, 4) is 0 Å². The molecule has 2 aliphatic rings. The lowest BCUT2D eigenvalue weighted by molar-refractivity contribution is 0.102. The van der Waals surface area contributed by atoms with Gasteiger partial charge in [-0.25, -0.2) is 4.79 Å². The fourth-order valence-electron chi connectivity index (χ4n) is 3.70. The molecule has 7 nitrogen and oxygen atoms in total. The third-order valence-electron chi connectivity index (χ3n) is 5.85. The van der Waals surface area contributed by atoms with Gasteiger partial charge in [0.1, 0.15) is 0 Å². The van der Waals surface area contributed by atoms with Gasteiger partial charge < -0.3 is 20.9 Å². The second kappa shape index (κ2) is 9.94. The van der Waals surface area contributed by atoms with E-state index in [1.165, 1.54) is 5.56 Å². The van der Waals surface area contributed by atoms with E-state index in [9.17, 15) is 9.59 Å². The van der Waals surface area contributed by atoms with Crippen LogP contribution < -0.4 is 16.0 Å². The molecule has 7 heteroatoms. The van der Waals surface area contributed by atoms with Gasteiger partial charge in [0, 0.05) is 55.7 Å². The Morgan fingerprint density at radius 1 is 0.839 bits per heavy atom. The van der Waals surface area contributed by atoms with Crippen molar-refractivity contribution in [2.45, 2.75) is 32.4 Å². The minimum Gasteiger partial charge on any atom is -0.335 e. The molecule has 164 valence electrons. The first-order chi connectivity index (χ1) is 15.1. The molecule has 4 rings (SSSR count). The van der Waals surface area contributed by atoms with Gasteiger partial charge >= 0.3 is 6.03 Å². The SMILES string of the molecule is CCN1CCN(Cc2ccc(NC(=O)c3ccc(NC(=O)NC4CC4)cc3)cc2)CC1. The molecule has 1 heterocycles. The Hall–Kier alpha value is -2.90. The first kappa shape index (κ1) is 21.3. The second-order valence-corrected chi connectivity index (χ2v) is 8.31. The van der Waals surface area contributed by atoms with Gasteiger partial charge in [-0.05, 0) is 61.3 Å². The number of likely N-dealkylation sites (N-methyl/N-ethyl adjacent to an activating group) is 1. The Bertz CT molecular complexity index is 885. The van der Waals surface area contributed by atoms with E-state index < -0.39 is 0 Å². The average Bonchev–Trinajstić information content (AvgIpc) is 3.60. The van der Waals surface area contributed by atoms with Crippen molar-refractivity contribution in [1.29, 1.82) is 0 Å². The summed E-state index contributed by atoms with van der Waals surface area (Å²) in [5.74, 6) is -0.169. The van der Waals surface area contributed by atoms with Crippen molar-refractivity contribution >= 4 is 23.3 Å². The number of hydrogen-bond acceptors (Lipinski definition) is 4. The molecular weight excluding hydrogens is 390 g/mol. The Labute approximate surface area is 183 Å². The van der Waals surface area contributed by atoms with Gasteiger partial charge in [0.05, 0.1) is 0 Å². The number of amides is 3. The van der Waals surface area contributed by atoms with Crippen molar-refractivity contribution in [2.75, 3.05) is 43.4 Å². The molecule has 0 bridgehead atoms. The van der Waals surface area contributed by atoms with Gasteiger partial charge in [-0.1, -0.05) is 19.1 Å². The number of urea groups is 1. The Morgan fingerprint density at radius 3 is 2.03 bits per heavy atom. The molecule has 0 spiro atoms. The maximum absolute atomic E-state index is 12.5. The van der Waals surface area contributed by atoms with E-state index in [-0.39, 0.29) is 11.9 Å². The predicted octanol–water partition coefficient (Wildman–Crippen LogP) is 3.36. The minimum atomic E-state index is -0.202. The average molecular weight is 422 g/mol. The van der Waals surface area contributed by atoms with Crippen LogP contribution in [0.3, 0.4) is 0 Å². The molecule has 0 atom stereocenters. The third kappa shape index (κ3) is 6.29. The van der Waals surface area contributed by atoms with Gasteiger partial charge in [-0.2, -0.15) is 0 Å². The van der Waals surface area contributed by atoms with Crippen molar-refractivity contribution < 1.29 is 9.59 Å². The normalized spacial score (nSPS) is 17.2. The number of nitrogens with one attached hydrogen (secondary N) is 3. The third-order valence-corrected chi connectivity index (χ3v) is 5.85. The molecule has 1 saturated heterocycles. The van der Waals surface area contributed by atoms with Gasteiger partial charge in [-0.3, -0.25) is 9.69 Å². The number of anilines is 2. The van der Waals surface area contributed by atoms with Crippen LogP contribution >= 0.6 is 0 Å².